The zero-order valence-corrected chi connectivity index (χ0v) is 9.53. The van der Waals surface area contributed by atoms with Crippen LogP contribution in [0.4, 0.5) is 0 Å². The molecule has 2 heterocycles. The standard InChI is InChI=1S/C10H18O8/c11-1-4-6(14)8(16)10(18-4)9-7(15)5(13)3(12)2-17-9/h3-16H,1-2H2/t3-,4-,5+,6-,7+,8-,9+,10-/m1/s1. The molecule has 0 bridgehead atoms. The van der Waals surface area contributed by atoms with Crippen LogP contribution in [0.15, 0.2) is 0 Å². The molecular weight excluding hydrogens is 248 g/mol. The molecule has 0 saturated carbocycles. The summed E-state index contributed by atoms with van der Waals surface area (Å²) < 4.78 is 10.3. The number of aliphatic hydroxyl groups excluding tert-OH is 6. The Bertz CT molecular complexity index is 287. The van der Waals surface area contributed by atoms with E-state index in [-0.39, 0.29) is 6.61 Å². The highest BCUT2D eigenvalue weighted by molar-refractivity contribution is 5.00. The van der Waals surface area contributed by atoms with Gasteiger partial charge in [0.25, 0.3) is 0 Å². The molecule has 2 aliphatic heterocycles. The third kappa shape index (κ3) is 2.26. The Morgan fingerprint density at radius 2 is 1.44 bits per heavy atom. The van der Waals surface area contributed by atoms with Crippen LogP contribution >= 0.6 is 0 Å². The Kier molecular flexibility index (Phi) is 4.19. The van der Waals surface area contributed by atoms with Crippen molar-refractivity contribution in [1.29, 1.82) is 0 Å². The van der Waals surface area contributed by atoms with Gasteiger partial charge in [0, 0.05) is 0 Å². The van der Waals surface area contributed by atoms with Crippen LogP contribution in [0.25, 0.3) is 0 Å². The summed E-state index contributed by atoms with van der Waals surface area (Å²) in [6, 6.07) is 0. The van der Waals surface area contributed by atoms with E-state index in [4.69, 9.17) is 14.6 Å². The first kappa shape index (κ1) is 14.1. The van der Waals surface area contributed by atoms with Gasteiger partial charge >= 0.3 is 0 Å². The molecule has 0 unspecified atom stereocenters. The quantitative estimate of drug-likeness (QED) is 0.297. The molecule has 2 aliphatic rings. The maximum atomic E-state index is 9.76. The van der Waals surface area contributed by atoms with E-state index in [9.17, 15) is 25.5 Å². The van der Waals surface area contributed by atoms with Gasteiger partial charge in [0.1, 0.15) is 48.8 Å². The van der Waals surface area contributed by atoms with Gasteiger partial charge < -0.3 is 40.1 Å². The lowest BCUT2D eigenvalue weighted by molar-refractivity contribution is -0.223. The lowest BCUT2D eigenvalue weighted by Gasteiger charge is -2.38. The zero-order chi connectivity index (χ0) is 13.4. The van der Waals surface area contributed by atoms with Gasteiger partial charge in [-0.05, 0) is 0 Å². The monoisotopic (exact) mass is 266 g/mol. The molecule has 0 amide bonds. The fourth-order valence-corrected chi connectivity index (χ4v) is 2.32. The van der Waals surface area contributed by atoms with Gasteiger partial charge in [-0.15, -0.1) is 0 Å². The van der Waals surface area contributed by atoms with E-state index in [1.165, 1.54) is 0 Å². The number of hydrogen-bond donors (Lipinski definition) is 6. The minimum absolute atomic E-state index is 0.213. The van der Waals surface area contributed by atoms with Crippen molar-refractivity contribution in [2.45, 2.75) is 48.8 Å². The topological polar surface area (TPSA) is 140 Å². The summed E-state index contributed by atoms with van der Waals surface area (Å²) in [5.41, 5.74) is 0. The van der Waals surface area contributed by atoms with Crippen LogP contribution in [0.2, 0.25) is 0 Å². The summed E-state index contributed by atoms with van der Waals surface area (Å²) in [6.45, 7) is -0.696. The minimum atomic E-state index is -1.45. The largest absolute Gasteiger partial charge is 0.394 e. The molecule has 2 rings (SSSR count). The predicted octanol–water partition coefficient (Wildman–Crippen LogP) is -4.05. The van der Waals surface area contributed by atoms with Crippen molar-refractivity contribution in [2.24, 2.45) is 0 Å². The molecule has 0 spiro atoms. The zero-order valence-electron chi connectivity index (χ0n) is 9.53. The average molecular weight is 266 g/mol. The molecule has 6 N–H and O–H groups in total. The second-order valence-corrected chi connectivity index (χ2v) is 4.65. The van der Waals surface area contributed by atoms with Crippen LogP contribution in [0, 0.1) is 0 Å². The Balaban J connectivity index is 2.08. The lowest BCUT2D eigenvalue weighted by atomic mass is 9.93. The fraction of sp³-hybridized carbons (Fsp3) is 1.00. The summed E-state index contributed by atoms with van der Waals surface area (Å²) in [5, 5.41) is 56.9. The second kappa shape index (κ2) is 5.35. The Morgan fingerprint density at radius 1 is 0.833 bits per heavy atom. The van der Waals surface area contributed by atoms with Crippen LogP contribution < -0.4 is 0 Å². The van der Waals surface area contributed by atoms with Crippen molar-refractivity contribution >= 4 is 0 Å². The number of hydrogen-bond acceptors (Lipinski definition) is 8. The normalized spacial score (nSPS) is 53.7. The molecule has 106 valence electrons. The van der Waals surface area contributed by atoms with Crippen molar-refractivity contribution in [2.75, 3.05) is 13.2 Å². The van der Waals surface area contributed by atoms with E-state index >= 15 is 0 Å². The Hall–Kier alpha value is -0.320. The minimum Gasteiger partial charge on any atom is -0.394 e. The van der Waals surface area contributed by atoms with Gasteiger partial charge in [-0.25, -0.2) is 0 Å². The van der Waals surface area contributed by atoms with E-state index < -0.39 is 55.4 Å². The van der Waals surface area contributed by atoms with Crippen LogP contribution in [0.1, 0.15) is 0 Å². The third-order valence-electron chi connectivity index (χ3n) is 3.44. The van der Waals surface area contributed by atoms with E-state index in [1.54, 1.807) is 0 Å². The summed E-state index contributed by atoms with van der Waals surface area (Å²) in [7, 11) is 0. The molecule has 8 atom stereocenters. The van der Waals surface area contributed by atoms with Crippen molar-refractivity contribution in [1.82, 2.24) is 0 Å². The van der Waals surface area contributed by atoms with Crippen LogP contribution in [0.3, 0.4) is 0 Å². The smallest absolute Gasteiger partial charge is 0.115 e. The van der Waals surface area contributed by atoms with Gasteiger partial charge in [0.15, 0.2) is 0 Å². The summed E-state index contributed by atoms with van der Waals surface area (Å²) in [5.74, 6) is 0. The van der Waals surface area contributed by atoms with Crippen molar-refractivity contribution in [3.63, 3.8) is 0 Å². The lowest BCUT2D eigenvalue weighted by Crippen LogP contribution is -2.58. The maximum absolute atomic E-state index is 9.76. The van der Waals surface area contributed by atoms with Crippen molar-refractivity contribution in [3.05, 3.63) is 0 Å². The summed E-state index contributed by atoms with van der Waals surface area (Å²) in [4.78, 5) is 0. The molecule has 2 saturated heterocycles. The highest BCUT2D eigenvalue weighted by Gasteiger charge is 2.51. The third-order valence-corrected chi connectivity index (χ3v) is 3.44. The molecule has 8 heteroatoms. The highest BCUT2D eigenvalue weighted by Crippen LogP contribution is 2.29. The van der Waals surface area contributed by atoms with Crippen molar-refractivity contribution < 1.29 is 40.1 Å². The van der Waals surface area contributed by atoms with Gasteiger partial charge in [0.2, 0.25) is 0 Å². The first-order valence-corrected chi connectivity index (χ1v) is 5.75. The van der Waals surface area contributed by atoms with Crippen LogP contribution in [0.5, 0.6) is 0 Å². The Morgan fingerprint density at radius 3 is 2.00 bits per heavy atom. The predicted molar refractivity (Wildman–Crippen MR) is 55.5 cm³/mol. The van der Waals surface area contributed by atoms with Gasteiger partial charge in [0.05, 0.1) is 13.2 Å². The average Bonchev–Trinajstić information content (AvgIpc) is 2.64. The fourth-order valence-electron chi connectivity index (χ4n) is 2.32. The number of aliphatic hydroxyl groups is 6. The van der Waals surface area contributed by atoms with Gasteiger partial charge in [-0.3, -0.25) is 0 Å². The number of ether oxygens (including phenoxy) is 2. The van der Waals surface area contributed by atoms with Gasteiger partial charge in [-0.1, -0.05) is 0 Å². The maximum Gasteiger partial charge on any atom is 0.115 e. The molecule has 0 aliphatic carbocycles. The molecule has 8 nitrogen and oxygen atoms in total. The van der Waals surface area contributed by atoms with E-state index in [0.717, 1.165) is 0 Å². The van der Waals surface area contributed by atoms with E-state index in [1.807, 2.05) is 0 Å². The van der Waals surface area contributed by atoms with Crippen molar-refractivity contribution in [3.8, 4) is 0 Å². The van der Waals surface area contributed by atoms with E-state index in [0.29, 0.717) is 0 Å². The first-order valence-electron chi connectivity index (χ1n) is 5.75. The second-order valence-electron chi connectivity index (χ2n) is 4.65. The number of rotatable bonds is 2. The summed E-state index contributed by atoms with van der Waals surface area (Å²) >= 11 is 0. The van der Waals surface area contributed by atoms with E-state index in [2.05, 4.69) is 0 Å². The van der Waals surface area contributed by atoms with Gasteiger partial charge in [-0.2, -0.15) is 0 Å². The van der Waals surface area contributed by atoms with Crippen LogP contribution in [-0.2, 0) is 9.47 Å². The molecule has 18 heavy (non-hydrogen) atoms. The molecule has 0 aromatic carbocycles. The Labute approximate surface area is 103 Å². The molecule has 0 aromatic heterocycles. The summed E-state index contributed by atoms with van der Waals surface area (Å²) in [6.07, 6.45) is -9.83. The first-order chi connectivity index (χ1) is 8.47. The SMILES string of the molecule is OC[C@H]1O[C@@H]([C@H]2OC[C@@H](O)[C@H](O)[C@@H]2O)[C@H](O)[C@@H]1O. The van der Waals surface area contributed by atoms with Crippen LogP contribution in [-0.4, -0.2) is 92.7 Å². The molecule has 2 fully saturated rings. The molecule has 0 aromatic rings. The highest BCUT2D eigenvalue weighted by atomic mass is 16.6. The molecular formula is C10H18O8. The molecule has 0 radical (unpaired) electrons.